The zero-order chi connectivity index (χ0) is 21.3. The SMILES string of the molecule is CCCCN(CCCC)c1cc(-c2nnco2)cc(S(=O)[O-])c1Oc1ccccc1. The number of hydrogen-bond acceptors (Lipinski definition) is 7. The van der Waals surface area contributed by atoms with Crippen LogP contribution in [0.4, 0.5) is 5.69 Å². The number of anilines is 1. The summed E-state index contributed by atoms with van der Waals surface area (Å²) in [4.78, 5) is 2.24. The monoisotopic (exact) mass is 428 g/mol. The summed E-state index contributed by atoms with van der Waals surface area (Å²) in [5.74, 6) is 1.15. The van der Waals surface area contributed by atoms with Gasteiger partial charge in [0, 0.05) is 18.7 Å². The molecule has 30 heavy (non-hydrogen) atoms. The van der Waals surface area contributed by atoms with Gasteiger partial charge in [0.1, 0.15) is 5.75 Å². The summed E-state index contributed by atoms with van der Waals surface area (Å²) < 4.78 is 35.8. The van der Waals surface area contributed by atoms with E-state index in [2.05, 4.69) is 28.9 Å². The third kappa shape index (κ3) is 5.46. The van der Waals surface area contributed by atoms with Gasteiger partial charge in [0.15, 0.2) is 5.75 Å². The fraction of sp³-hybridized carbons (Fsp3) is 0.364. The van der Waals surface area contributed by atoms with Crippen LogP contribution in [0.5, 0.6) is 11.5 Å². The van der Waals surface area contributed by atoms with Crippen LogP contribution < -0.4 is 9.64 Å². The van der Waals surface area contributed by atoms with Gasteiger partial charge in [-0.2, -0.15) is 0 Å². The van der Waals surface area contributed by atoms with E-state index >= 15 is 0 Å². The van der Waals surface area contributed by atoms with E-state index in [0.29, 0.717) is 22.7 Å². The molecule has 2 aromatic carbocycles. The molecular formula is C22H26N3O4S-. The Hall–Kier alpha value is -2.71. The minimum absolute atomic E-state index is 0.0579. The van der Waals surface area contributed by atoms with Gasteiger partial charge in [0.05, 0.1) is 10.6 Å². The summed E-state index contributed by atoms with van der Waals surface area (Å²) in [7, 11) is 0. The first-order valence-electron chi connectivity index (χ1n) is 10.2. The summed E-state index contributed by atoms with van der Waals surface area (Å²) in [6.45, 7) is 5.85. The van der Waals surface area contributed by atoms with Gasteiger partial charge in [-0.25, -0.2) is 0 Å². The summed E-state index contributed by atoms with van der Waals surface area (Å²) in [6, 6.07) is 12.6. The van der Waals surface area contributed by atoms with Crippen molar-refractivity contribution in [2.75, 3.05) is 18.0 Å². The maximum atomic E-state index is 12.2. The van der Waals surface area contributed by atoms with Crippen LogP contribution in [0.1, 0.15) is 39.5 Å². The van der Waals surface area contributed by atoms with Crippen LogP contribution in [0.2, 0.25) is 0 Å². The molecule has 1 heterocycles. The molecule has 3 aromatic rings. The molecule has 1 atom stereocenters. The predicted molar refractivity (Wildman–Crippen MR) is 115 cm³/mol. The first kappa shape index (κ1) is 22.0. The van der Waals surface area contributed by atoms with Crippen LogP contribution in [-0.2, 0) is 11.1 Å². The number of hydrogen-bond donors (Lipinski definition) is 0. The van der Waals surface area contributed by atoms with Crippen molar-refractivity contribution in [1.29, 1.82) is 0 Å². The number of benzene rings is 2. The number of para-hydroxylation sites is 1. The Morgan fingerprint density at radius 2 is 1.80 bits per heavy atom. The fourth-order valence-electron chi connectivity index (χ4n) is 3.13. The van der Waals surface area contributed by atoms with Crippen LogP contribution in [0.15, 0.2) is 58.2 Å². The lowest BCUT2D eigenvalue weighted by atomic mass is 10.1. The van der Waals surface area contributed by atoms with Gasteiger partial charge in [0.25, 0.3) is 0 Å². The highest BCUT2D eigenvalue weighted by Crippen LogP contribution is 2.41. The molecular weight excluding hydrogens is 402 g/mol. The standard InChI is InChI=1S/C22H27N3O4S/c1-3-5-12-25(13-6-4-2)19-14-17(22-24-23-16-28-22)15-20(30(26)27)21(19)29-18-10-8-7-9-11-18/h7-11,14-16H,3-6,12-13H2,1-2H3,(H,26,27)/p-1. The van der Waals surface area contributed by atoms with E-state index in [1.54, 1.807) is 12.1 Å². The summed E-state index contributed by atoms with van der Waals surface area (Å²) >= 11 is -2.52. The zero-order valence-corrected chi connectivity index (χ0v) is 18.1. The number of rotatable bonds is 11. The molecule has 7 nitrogen and oxygen atoms in total. The Balaban J connectivity index is 2.16. The first-order valence-corrected chi connectivity index (χ1v) is 11.2. The van der Waals surface area contributed by atoms with E-state index in [1.807, 2.05) is 24.3 Å². The second-order valence-electron chi connectivity index (χ2n) is 6.91. The second-order valence-corrected chi connectivity index (χ2v) is 7.82. The molecule has 8 heteroatoms. The van der Waals surface area contributed by atoms with Crippen molar-refractivity contribution in [1.82, 2.24) is 10.2 Å². The molecule has 0 amide bonds. The molecule has 0 N–H and O–H groups in total. The van der Waals surface area contributed by atoms with Gasteiger partial charge in [-0.1, -0.05) is 44.9 Å². The smallest absolute Gasteiger partial charge is 0.247 e. The summed E-state index contributed by atoms with van der Waals surface area (Å²) in [5, 5.41) is 7.67. The maximum absolute atomic E-state index is 12.2. The summed E-state index contributed by atoms with van der Waals surface area (Å²) in [5.41, 5.74) is 1.25. The molecule has 0 spiro atoms. The number of unbranched alkanes of at least 4 members (excludes halogenated alkanes) is 2. The van der Waals surface area contributed by atoms with Gasteiger partial charge in [-0.15, -0.1) is 10.2 Å². The van der Waals surface area contributed by atoms with Crippen molar-refractivity contribution in [3.63, 3.8) is 0 Å². The molecule has 1 aromatic heterocycles. The predicted octanol–water partition coefficient (Wildman–Crippen LogP) is 5.17. The van der Waals surface area contributed by atoms with Crippen LogP contribution >= 0.6 is 0 Å². The van der Waals surface area contributed by atoms with E-state index in [4.69, 9.17) is 9.15 Å². The molecule has 0 aliphatic heterocycles. The van der Waals surface area contributed by atoms with E-state index in [9.17, 15) is 8.76 Å². The summed E-state index contributed by atoms with van der Waals surface area (Å²) in [6.07, 6.45) is 5.25. The van der Waals surface area contributed by atoms with Crippen molar-refractivity contribution in [2.24, 2.45) is 0 Å². The second kappa shape index (κ2) is 10.9. The Morgan fingerprint density at radius 1 is 1.10 bits per heavy atom. The third-order valence-electron chi connectivity index (χ3n) is 4.69. The van der Waals surface area contributed by atoms with Gasteiger partial charge < -0.3 is 18.6 Å². The molecule has 0 saturated carbocycles. The maximum Gasteiger partial charge on any atom is 0.247 e. The topological polar surface area (TPSA) is 91.5 Å². The lowest BCUT2D eigenvalue weighted by Gasteiger charge is -2.29. The highest BCUT2D eigenvalue weighted by atomic mass is 32.2. The van der Waals surface area contributed by atoms with E-state index in [0.717, 1.165) is 38.8 Å². The Kier molecular flexibility index (Phi) is 7.98. The average Bonchev–Trinajstić information content (AvgIpc) is 3.30. The highest BCUT2D eigenvalue weighted by Gasteiger charge is 2.21. The first-order chi connectivity index (χ1) is 14.6. The van der Waals surface area contributed by atoms with Crippen molar-refractivity contribution >= 4 is 16.8 Å². The Labute approximate surface area is 179 Å². The van der Waals surface area contributed by atoms with Gasteiger partial charge in [0.2, 0.25) is 12.3 Å². The molecule has 0 radical (unpaired) electrons. The molecule has 160 valence electrons. The molecule has 3 rings (SSSR count). The molecule has 1 unspecified atom stereocenters. The van der Waals surface area contributed by atoms with Crippen molar-refractivity contribution < 1.29 is 17.9 Å². The van der Waals surface area contributed by atoms with Gasteiger partial charge >= 0.3 is 0 Å². The molecule has 0 aliphatic carbocycles. The van der Waals surface area contributed by atoms with Crippen molar-refractivity contribution in [2.45, 2.75) is 44.4 Å². The highest BCUT2D eigenvalue weighted by molar-refractivity contribution is 7.79. The van der Waals surface area contributed by atoms with Crippen LogP contribution in [-0.4, -0.2) is 32.0 Å². The fourth-order valence-corrected chi connectivity index (χ4v) is 3.65. The average molecular weight is 429 g/mol. The zero-order valence-electron chi connectivity index (χ0n) is 17.2. The lowest BCUT2D eigenvalue weighted by molar-refractivity contribution is 0.461. The molecule has 0 saturated heterocycles. The van der Waals surface area contributed by atoms with E-state index in [-0.39, 0.29) is 10.8 Å². The van der Waals surface area contributed by atoms with Crippen LogP contribution in [0.25, 0.3) is 11.5 Å². The normalized spacial score (nSPS) is 12.0. The number of ether oxygens (including phenoxy) is 1. The largest absolute Gasteiger partial charge is 0.768 e. The van der Waals surface area contributed by atoms with Gasteiger partial charge in [-0.05, 0) is 48.2 Å². The van der Waals surface area contributed by atoms with E-state index < -0.39 is 11.1 Å². The Bertz CT molecular complexity index is 941. The molecule has 0 aliphatic rings. The number of nitrogens with zero attached hydrogens (tertiary/aromatic N) is 3. The van der Waals surface area contributed by atoms with Crippen LogP contribution in [0, 0.1) is 0 Å². The third-order valence-corrected chi connectivity index (χ3v) is 5.35. The lowest BCUT2D eigenvalue weighted by Crippen LogP contribution is -2.26. The minimum atomic E-state index is -2.52. The quantitative estimate of drug-likeness (QED) is 0.389. The van der Waals surface area contributed by atoms with Crippen molar-refractivity contribution in [3.8, 4) is 23.0 Å². The van der Waals surface area contributed by atoms with E-state index in [1.165, 1.54) is 12.5 Å². The minimum Gasteiger partial charge on any atom is -0.768 e. The molecule has 0 bridgehead atoms. The number of aromatic nitrogens is 2. The Morgan fingerprint density at radius 3 is 2.37 bits per heavy atom. The van der Waals surface area contributed by atoms with Crippen LogP contribution in [0.3, 0.4) is 0 Å². The van der Waals surface area contributed by atoms with Gasteiger partial charge in [-0.3, -0.25) is 4.21 Å². The van der Waals surface area contributed by atoms with Crippen molar-refractivity contribution in [3.05, 3.63) is 48.9 Å². The molecule has 0 fully saturated rings.